The van der Waals surface area contributed by atoms with Gasteiger partial charge >= 0.3 is 0 Å². The summed E-state index contributed by atoms with van der Waals surface area (Å²) in [6, 6.07) is 0.305. The minimum atomic E-state index is 0.00926. The van der Waals surface area contributed by atoms with Crippen molar-refractivity contribution in [3.63, 3.8) is 0 Å². The highest BCUT2D eigenvalue weighted by atomic mass is 32.2. The van der Waals surface area contributed by atoms with Gasteiger partial charge in [0.25, 0.3) is 5.91 Å². The molecule has 1 aliphatic rings. The van der Waals surface area contributed by atoms with E-state index in [0.29, 0.717) is 30.4 Å². The zero-order chi connectivity index (χ0) is 15.4. The summed E-state index contributed by atoms with van der Waals surface area (Å²) in [4.78, 5) is 23.6. The predicted molar refractivity (Wildman–Crippen MR) is 83.7 cm³/mol. The molecule has 1 heterocycles. The van der Waals surface area contributed by atoms with Gasteiger partial charge in [-0.05, 0) is 45.8 Å². The average molecular weight is 309 g/mol. The number of amides is 1. The van der Waals surface area contributed by atoms with Gasteiger partial charge in [0.15, 0.2) is 0 Å². The van der Waals surface area contributed by atoms with Gasteiger partial charge in [0.1, 0.15) is 10.9 Å². The average Bonchev–Trinajstić information content (AvgIpc) is 2.39. The van der Waals surface area contributed by atoms with Crippen LogP contribution in [0.2, 0.25) is 0 Å². The first-order valence-electron chi connectivity index (χ1n) is 7.39. The highest BCUT2D eigenvalue weighted by Gasteiger charge is 2.31. The number of carbonyl (C=O) groups is 1. The first-order chi connectivity index (χ1) is 10.1. The van der Waals surface area contributed by atoms with Crippen LogP contribution in [-0.4, -0.2) is 51.3 Å². The van der Waals surface area contributed by atoms with Crippen molar-refractivity contribution >= 4 is 17.7 Å². The van der Waals surface area contributed by atoms with Crippen molar-refractivity contribution < 1.29 is 9.90 Å². The molecular formula is C15H23N3O2S. The van der Waals surface area contributed by atoms with E-state index in [0.717, 1.165) is 23.6 Å². The maximum absolute atomic E-state index is 12.9. The van der Waals surface area contributed by atoms with E-state index in [9.17, 15) is 4.79 Å². The number of aryl methyl sites for hydroxylation is 2. The molecule has 0 aromatic carbocycles. The molecule has 1 amide bonds. The van der Waals surface area contributed by atoms with Crippen molar-refractivity contribution in [3.05, 3.63) is 17.1 Å². The molecule has 1 saturated carbocycles. The molecule has 0 unspecified atom stereocenters. The molecule has 0 atom stereocenters. The molecule has 1 aliphatic carbocycles. The summed E-state index contributed by atoms with van der Waals surface area (Å²) in [5.74, 6) is 0.703. The molecule has 0 spiro atoms. The molecule has 21 heavy (non-hydrogen) atoms. The minimum Gasteiger partial charge on any atom is -0.396 e. The normalized spacial score (nSPS) is 14.9. The predicted octanol–water partition coefficient (Wildman–Crippen LogP) is 2.19. The minimum absolute atomic E-state index is 0.00926. The SMILES string of the molecule is CSc1nc(C)nc(C)c1C(=O)N(CCCO)C1CCC1. The van der Waals surface area contributed by atoms with Gasteiger partial charge in [-0.15, -0.1) is 11.8 Å². The van der Waals surface area contributed by atoms with Gasteiger partial charge < -0.3 is 10.0 Å². The third-order valence-electron chi connectivity index (χ3n) is 3.91. The monoisotopic (exact) mass is 309 g/mol. The second kappa shape index (κ2) is 7.22. The fourth-order valence-electron chi connectivity index (χ4n) is 2.61. The summed E-state index contributed by atoms with van der Waals surface area (Å²) in [5, 5.41) is 9.81. The summed E-state index contributed by atoms with van der Waals surface area (Å²) >= 11 is 1.48. The van der Waals surface area contributed by atoms with Gasteiger partial charge in [-0.2, -0.15) is 0 Å². The van der Waals surface area contributed by atoms with Crippen LogP contribution in [0.1, 0.15) is 47.6 Å². The molecule has 0 saturated heterocycles. The van der Waals surface area contributed by atoms with Gasteiger partial charge in [0.2, 0.25) is 0 Å². The maximum Gasteiger partial charge on any atom is 0.258 e. The van der Waals surface area contributed by atoms with Crippen LogP contribution < -0.4 is 0 Å². The lowest BCUT2D eigenvalue weighted by atomic mass is 9.90. The Bertz CT molecular complexity index is 518. The summed E-state index contributed by atoms with van der Waals surface area (Å²) in [6.45, 7) is 4.42. The Balaban J connectivity index is 2.31. The molecule has 116 valence electrons. The van der Waals surface area contributed by atoms with Crippen molar-refractivity contribution in [2.75, 3.05) is 19.4 Å². The maximum atomic E-state index is 12.9. The van der Waals surface area contributed by atoms with Crippen molar-refractivity contribution in [1.82, 2.24) is 14.9 Å². The van der Waals surface area contributed by atoms with E-state index in [-0.39, 0.29) is 12.5 Å². The first kappa shape index (κ1) is 16.2. The number of carbonyl (C=O) groups excluding carboxylic acids is 1. The number of nitrogens with zero attached hydrogens (tertiary/aromatic N) is 3. The Hall–Kier alpha value is -1.14. The molecule has 1 aromatic rings. The van der Waals surface area contributed by atoms with Gasteiger partial charge in [-0.25, -0.2) is 9.97 Å². The number of hydrogen-bond donors (Lipinski definition) is 1. The molecule has 0 radical (unpaired) electrons. The van der Waals surface area contributed by atoms with Crippen molar-refractivity contribution in [3.8, 4) is 0 Å². The highest BCUT2D eigenvalue weighted by Crippen LogP contribution is 2.29. The number of aliphatic hydroxyl groups is 1. The van der Waals surface area contributed by atoms with Crippen molar-refractivity contribution in [2.45, 2.75) is 50.6 Å². The third-order valence-corrected chi connectivity index (χ3v) is 4.59. The Morgan fingerprint density at radius 2 is 2.10 bits per heavy atom. The van der Waals surface area contributed by atoms with Gasteiger partial charge in [0, 0.05) is 19.2 Å². The topological polar surface area (TPSA) is 66.3 Å². The van der Waals surface area contributed by atoms with Gasteiger partial charge in [-0.3, -0.25) is 4.79 Å². The lowest BCUT2D eigenvalue weighted by Gasteiger charge is -2.38. The molecule has 6 heteroatoms. The molecule has 0 aliphatic heterocycles. The van der Waals surface area contributed by atoms with Crippen LogP contribution in [-0.2, 0) is 0 Å². The van der Waals surface area contributed by atoms with Crippen molar-refractivity contribution in [2.24, 2.45) is 0 Å². The molecule has 1 N–H and O–H groups in total. The van der Waals surface area contributed by atoms with Crippen LogP contribution in [0.3, 0.4) is 0 Å². The molecule has 0 bridgehead atoms. The molecule has 2 rings (SSSR count). The Morgan fingerprint density at radius 3 is 2.62 bits per heavy atom. The fourth-order valence-corrected chi connectivity index (χ4v) is 3.27. The smallest absolute Gasteiger partial charge is 0.258 e. The number of thioether (sulfide) groups is 1. The number of aromatic nitrogens is 2. The summed E-state index contributed by atoms with van der Waals surface area (Å²) in [7, 11) is 0. The van der Waals surface area contributed by atoms with Crippen LogP contribution in [0, 0.1) is 13.8 Å². The number of hydrogen-bond acceptors (Lipinski definition) is 5. The molecule has 1 aromatic heterocycles. The Labute approximate surface area is 130 Å². The lowest BCUT2D eigenvalue weighted by molar-refractivity contribution is 0.0556. The van der Waals surface area contributed by atoms with E-state index >= 15 is 0 Å². The van der Waals surface area contributed by atoms with Gasteiger partial charge in [0.05, 0.1) is 11.3 Å². The summed E-state index contributed by atoms with van der Waals surface area (Å²) in [5.41, 5.74) is 1.36. The van der Waals surface area contributed by atoms with E-state index in [1.54, 1.807) is 0 Å². The van der Waals surface area contributed by atoms with E-state index in [1.165, 1.54) is 18.2 Å². The lowest BCUT2D eigenvalue weighted by Crippen LogP contribution is -2.45. The van der Waals surface area contributed by atoms with E-state index < -0.39 is 0 Å². The second-order valence-electron chi connectivity index (χ2n) is 5.40. The van der Waals surface area contributed by atoms with Crippen LogP contribution in [0.5, 0.6) is 0 Å². The van der Waals surface area contributed by atoms with Gasteiger partial charge in [-0.1, -0.05) is 0 Å². The first-order valence-corrected chi connectivity index (χ1v) is 8.62. The largest absolute Gasteiger partial charge is 0.396 e. The Kier molecular flexibility index (Phi) is 5.58. The van der Waals surface area contributed by atoms with Crippen molar-refractivity contribution in [1.29, 1.82) is 0 Å². The quantitative estimate of drug-likeness (QED) is 0.644. The zero-order valence-corrected chi connectivity index (χ0v) is 13.7. The van der Waals surface area contributed by atoms with E-state index in [1.807, 2.05) is 25.0 Å². The van der Waals surface area contributed by atoms with Crippen LogP contribution in [0.25, 0.3) is 0 Å². The van der Waals surface area contributed by atoms with Crippen LogP contribution in [0.4, 0.5) is 0 Å². The zero-order valence-electron chi connectivity index (χ0n) is 12.9. The second-order valence-corrected chi connectivity index (χ2v) is 6.20. The summed E-state index contributed by atoms with van der Waals surface area (Å²) in [6.07, 6.45) is 5.82. The number of rotatable bonds is 6. The third kappa shape index (κ3) is 3.55. The molecular weight excluding hydrogens is 286 g/mol. The van der Waals surface area contributed by atoms with Crippen LogP contribution >= 0.6 is 11.8 Å². The van der Waals surface area contributed by atoms with E-state index in [2.05, 4.69) is 9.97 Å². The highest BCUT2D eigenvalue weighted by molar-refractivity contribution is 7.98. The fraction of sp³-hybridized carbons (Fsp3) is 0.667. The van der Waals surface area contributed by atoms with Crippen LogP contribution in [0.15, 0.2) is 5.03 Å². The van der Waals surface area contributed by atoms with E-state index in [4.69, 9.17) is 5.11 Å². The molecule has 5 nitrogen and oxygen atoms in total. The Morgan fingerprint density at radius 1 is 1.38 bits per heavy atom. The summed E-state index contributed by atoms with van der Waals surface area (Å²) < 4.78 is 0. The molecule has 1 fully saturated rings. The number of aliphatic hydroxyl groups excluding tert-OH is 1. The standard InChI is InChI=1S/C15H23N3O2S/c1-10-13(14(21-3)17-11(2)16-10)15(20)18(8-5-9-19)12-6-4-7-12/h12,19H,4-9H2,1-3H3.